The minimum atomic E-state index is -3.99. The summed E-state index contributed by atoms with van der Waals surface area (Å²) in [4.78, 5) is 23.1. The minimum absolute atomic E-state index is 0.0314. The lowest BCUT2D eigenvalue weighted by Gasteiger charge is -2.14. The van der Waals surface area contributed by atoms with Gasteiger partial charge in [-0.05, 0) is 49.7 Å². The number of para-hydroxylation sites is 2. The summed E-state index contributed by atoms with van der Waals surface area (Å²) in [5, 5.41) is 13.7. The number of nitrogens with one attached hydrogen (secondary N) is 2. The van der Waals surface area contributed by atoms with Crippen molar-refractivity contribution in [2.45, 2.75) is 18.7 Å². The van der Waals surface area contributed by atoms with Gasteiger partial charge in [-0.25, -0.2) is 8.42 Å². The van der Waals surface area contributed by atoms with Crippen LogP contribution < -0.4 is 14.8 Å². The summed E-state index contributed by atoms with van der Waals surface area (Å²) in [6.45, 7) is 3.21. The van der Waals surface area contributed by atoms with Crippen LogP contribution in [0.3, 0.4) is 0 Å². The fourth-order valence-electron chi connectivity index (χ4n) is 3.05. The van der Waals surface area contributed by atoms with Gasteiger partial charge in [-0.3, -0.25) is 19.6 Å². The second-order valence-corrected chi connectivity index (χ2v) is 8.65. The number of carbonyl (C=O) groups is 1. The molecule has 1 amide bonds. The monoisotopic (exact) mass is 455 g/mol. The number of benzene rings is 3. The normalized spacial score (nSPS) is 11.0. The third-order valence-corrected chi connectivity index (χ3v) is 6.26. The van der Waals surface area contributed by atoms with Gasteiger partial charge in [0.15, 0.2) is 0 Å². The van der Waals surface area contributed by atoms with Crippen LogP contribution in [0, 0.1) is 24.0 Å². The van der Waals surface area contributed by atoms with Gasteiger partial charge in [-0.1, -0.05) is 24.3 Å². The molecule has 10 heteroatoms. The second kappa shape index (κ2) is 9.06. The van der Waals surface area contributed by atoms with Gasteiger partial charge in [0.2, 0.25) is 0 Å². The lowest BCUT2D eigenvalue weighted by molar-refractivity contribution is -0.385. The number of aryl methyl sites for hydroxylation is 2. The first-order valence-corrected chi connectivity index (χ1v) is 10.9. The van der Waals surface area contributed by atoms with Gasteiger partial charge in [0.05, 0.1) is 22.6 Å². The fourth-order valence-corrected chi connectivity index (χ4v) is 4.39. The molecular formula is C22H21N3O6S. The van der Waals surface area contributed by atoms with E-state index in [1.165, 1.54) is 31.4 Å². The van der Waals surface area contributed by atoms with E-state index < -0.39 is 20.9 Å². The van der Waals surface area contributed by atoms with Gasteiger partial charge < -0.3 is 10.1 Å². The van der Waals surface area contributed by atoms with Crippen LogP contribution in [-0.4, -0.2) is 26.4 Å². The maximum absolute atomic E-state index is 13.0. The number of ether oxygens (including phenoxy) is 1. The van der Waals surface area contributed by atoms with Gasteiger partial charge in [0.25, 0.3) is 21.6 Å². The predicted molar refractivity (Wildman–Crippen MR) is 121 cm³/mol. The number of carbonyl (C=O) groups excluding carboxylic acids is 1. The molecule has 3 aromatic rings. The Morgan fingerprint density at radius 1 is 1.00 bits per heavy atom. The van der Waals surface area contributed by atoms with Crippen molar-refractivity contribution >= 4 is 33.0 Å². The number of anilines is 2. The number of methoxy groups -OCH3 is 1. The van der Waals surface area contributed by atoms with E-state index in [4.69, 9.17) is 4.74 Å². The highest BCUT2D eigenvalue weighted by molar-refractivity contribution is 7.92. The topological polar surface area (TPSA) is 128 Å². The van der Waals surface area contributed by atoms with E-state index in [2.05, 4.69) is 10.0 Å². The zero-order valence-corrected chi connectivity index (χ0v) is 18.4. The molecule has 0 bridgehead atoms. The molecule has 166 valence electrons. The highest BCUT2D eigenvalue weighted by Crippen LogP contribution is 2.28. The van der Waals surface area contributed by atoms with E-state index in [1.807, 2.05) is 0 Å². The average molecular weight is 455 g/mol. The van der Waals surface area contributed by atoms with Crippen LogP contribution >= 0.6 is 0 Å². The van der Waals surface area contributed by atoms with E-state index in [9.17, 15) is 23.3 Å². The molecule has 0 fully saturated rings. The molecule has 3 rings (SSSR count). The number of nitrogens with zero attached hydrogens (tertiary/aromatic N) is 1. The number of hydrogen-bond donors (Lipinski definition) is 2. The number of nitro groups is 1. The summed E-state index contributed by atoms with van der Waals surface area (Å²) >= 11 is 0. The maximum atomic E-state index is 13.0. The molecule has 0 saturated heterocycles. The summed E-state index contributed by atoms with van der Waals surface area (Å²) in [5.41, 5.74) is 1.30. The number of sulfonamides is 1. The summed E-state index contributed by atoms with van der Waals surface area (Å²) < 4.78 is 33.7. The number of amides is 1. The van der Waals surface area contributed by atoms with Crippen molar-refractivity contribution in [3.05, 3.63) is 87.5 Å². The molecule has 0 atom stereocenters. The quantitative estimate of drug-likeness (QED) is 0.404. The van der Waals surface area contributed by atoms with E-state index >= 15 is 0 Å². The van der Waals surface area contributed by atoms with Crippen LogP contribution in [0.2, 0.25) is 0 Å². The third kappa shape index (κ3) is 4.86. The van der Waals surface area contributed by atoms with Crippen LogP contribution in [0.5, 0.6) is 5.75 Å². The van der Waals surface area contributed by atoms with E-state index in [0.29, 0.717) is 16.9 Å². The van der Waals surface area contributed by atoms with Crippen molar-refractivity contribution in [3.8, 4) is 5.75 Å². The lowest BCUT2D eigenvalue weighted by Crippen LogP contribution is -2.16. The van der Waals surface area contributed by atoms with Crippen molar-refractivity contribution in [3.63, 3.8) is 0 Å². The van der Waals surface area contributed by atoms with E-state index in [0.717, 1.165) is 0 Å². The number of hydrogen-bond acceptors (Lipinski definition) is 6. The van der Waals surface area contributed by atoms with E-state index in [-0.39, 0.29) is 27.5 Å². The Morgan fingerprint density at radius 3 is 2.38 bits per heavy atom. The van der Waals surface area contributed by atoms with E-state index in [1.54, 1.807) is 50.2 Å². The standard InChI is InChI=1S/C22H21N3O6S/c1-14-8-10-16(12-19(14)25(27)28)22(26)23-17-11-9-15(2)21(13-17)32(29,30)24-18-6-4-5-7-20(18)31-3/h4-13,24H,1-3H3,(H,23,26). The Morgan fingerprint density at radius 2 is 1.69 bits per heavy atom. The first-order valence-electron chi connectivity index (χ1n) is 9.45. The van der Waals surface area contributed by atoms with Crippen molar-refractivity contribution in [2.75, 3.05) is 17.1 Å². The molecule has 0 radical (unpaired) electrons. The Labute approximate surface area is 185 Å². The van der Waals surface area contributed by atoms with Crippen molar-refractivity contribution in [1.29, 1.82) is 0 Å². The second-order valence-electron chi connectivity index (χ2n) is 7.00. The molecule has 3 aromatic carbocycles. The van der Waals surface area contributed by atoms with Crippen LogP contribution in [0.1, 0.15) is 21.5 Å². The Kier molecular flexibility index (Phi) is 6.45. The summed E-state index contributed by atoms with van der Waals surface area (Å²) in [6, 6.07) is 15.2. The van der Waals surface area contributed by atoms with Crippen LogP contribution in [0.4, 0.5) is 17.1 Å². The largest absolute Gasteiger partial charge is 0.495 e. The maximum Gasteiger partial charge on any atom is 0.273 e. The minimum Gasteiger partial charge on any atom is -0.495 e. The molecule has 0 unspecified atom stereocenters. The summed E-state index contributed by atoms with van der Waals surface area (Å²) in [6.07, 6.45) is 0. The molecular weight excluding hydrogens is 434 g/mol. The molecule has 9 nitrogen and oxygen atoms in total. The van der Waals surface area contributed by atoms with Crippen LogP contribution in [-0.2, 0) is 10.0 Å². The smallest absolute Gasteiger partial charge is 0.273 e. The molecule has 0 saturated carbocycles. The molecule has 0 heterocycles. The highest BCUT2D eigenvalue weighted by Gasteiger charge is 2.21. The molecule has 2 N–H and O–H groups in total. The van der Waals surface area contributed by atoms with Gasteiger partial charge in [0.1, 0.15) is 5.75 Å². The number of rotatable bonds is 7. The molecule has 0 aliphatic rings. The Hall–Kier alpha value is -3.92. The van der Waals surface area contributed by atoms with Crippen molar-refractivity contribution < 1.29 is 22.9 Å². The number of nitro benzene ring substituents is 1. The zero-order valence-electron chi connectivity index (χ0n) is 17.6. The van der Waals surface area contributed by atoms with Crippen LogP contribution in [0.25, 0.3) is 0 Å². The van der Waals surface area contributed by atoms with Gasteiger partial charge in [-0.2, -0.15) is 0 Å². The zero-order chi connectivity index (χ0) is 23.5. The van der Waals surface area contributed by atoms with Gasteiger partial charge in [0, 0.05) is 22.9 Å². The first kappa shape index (κ1) is 22.8. The predicted octanol–water partition coefficient (Wildman–Crippen LogP) is 4.27. The fraction of sp³-hybridized carbons (Fsp3) is 0.136. The summed E-state index contributed by atoms with van der Waals surface area (Å²) in [7, 11) is -2.56. The molecule has 0 aromatic heterocycles. The van der Waals surface area contributed by atoms with Crippen molar-refractivity contribution in [2.24, 2.45) is 0 Å². The van der Waals surface area contributed by atoms with Crippen molar-refractivity contribution in [1.82, 2.24) is 0 Å². The molecule has 0 aliphatic carbocycles. The molecule has 0 aliphatic heterocycles. The Bertz CT molecular complexity index is 1300. The lowest BCUT2D eigenvalue weighted by atomic mass is 10.1. The average Bonchev–Trinajstić information content (AvgIpc) is 2.75. The Balaban J connectivity index is 1.89. The first-order chi connectivity index (χ1) is 15.1. The molecule has 32 heavy (non-hydrogen) atoms. The summed E-state index contributed by atoms with van der Waals surface area (Å²) in [5.74, 6) is -0.239. The van der Waals surface area contributed by atoms with Gasteiger partial charge >= 0.3 is 0 Å². The SMILES string of the molecule is COc1ccccc1NS(=O)(=O)c1cc(NC(=O)c2ccc(C)c([N+](=O)[O-])c2)ccc1C. The third-order valence-electron chi connectivity index (χ3n) is 4.75. The molecule has 0 spiro atoms. The highest BCUT2D eigenvalue weighted by atomic mass is 32.2. The van der Waals surface area contributed by atoms with Crippen LogP contribution in [0.15, 0.2) is 65.6 Å². The van der Waals surface area contributed by atoms with Gasteiger partial charge in [-0.15, -0.1) is 0 Å².